The lowest BCUT2D eigenvalue weighted by Crippen LogP contribution is -2.33. The minimum absolute atomic E-state index is 0.0336. The summed E-state index contributed by atoms with van der Waals surface area (Å²) in [6, 6.07) is 20.2. The van der Waals surface area contributed by atoms with Gasteiger partial charge < -0.3 is 4.74 Å². The highest BCUT2D eigenvalue weighted by atomic mass is 32.2. The monoisotopic (exact) mass is 412 g/mol. The molecule has 0 N–H and O–H groups in total. The predicted molar refractivity (Wildman–Crippen MR) is 111 cm³/mol. The van der Waals surface area contributed by atoms with E-state index in [-0.39, 0.29) is 10.6 Å². The Morgan fingerprint density at radius 1 is 0.931 bits per heavy atom. The average Bonchev–Trinajstić information content (AvgIpc) is 2.74. The molecule has 1 atom stereocenters. The largest absolute Gasteiger partial charge is 0.496 e. The number of hydrogen-bond acceptors (Lipinski definition) is 5. The van der Waals surface area contributed by atoms with E-state index >= 15 is 0 Å². The maximum atomic E-state index is 13.5. The van der Waals surface area contributed by atoms with Crippen molar-refractivity contribution in [1.82, 2.24) is 0 Å². The van der Waals surface area contributed by atoms with Gasteiger partial charge in [-0.2, -0.15) is 0 Å². The highest BCUT2D eigenvalue weighted by Crippen LogP contribution is 2.36. The fourth-order valence-electron chi connectivity index (χ4n) is 3.14. The Kier molecular flexibility index (Phi) is 5.84. The molecule has 0 saturated carbocycles. The second-order valence-corrected chi connectivity index (χ2v) is 8.12. The van der Waals surface area contributed by atoms with Crippen molar-refractivity contribution >= 4 is 21.4 Å². The molecule has 0 radical (unpaired) electrons. The minimum Gasteiger partial charge on any atom is -0.496 e. The van der Waals surface area contributed by atoms with E-state index in [2.05, 4.69) is 0 Å². The Bertz CT molecular complexity index is 1100. The molecule has 0 saturated heterocycles. The van der Waals surface area contributed by atoms with Crippen LogP contribution in [-0.4, -0.2) is 20.5 Å². The number of nitrogens with zero attached hydrogens (tertiary/aromatic N) is 2. The summed E-state index contributed by atoms with van der Waals surface area (Å²) in [7, 11) is -2.48. The smallest absolute Gasteiger partial charge is 0.269 e. The molecule has 1 unspecified atom stereocenters. The molecule has 8 heteroatoms. The second kappa shape index (κ2) is 8.32. The molecule has 3 aromatic rings. The van der Waals surface area contributed by atoms with Gasteiger partial charge in [-0.1, -0.05) is 36.4 Å². The Morgan fingerprint density at radius 2 is 1.52 bits per heavy atom. The van der Waals surface area contributed by atoms with Crippen molar-refractivity contribution in [2.75, 3.05) is 11.4 Å². The molecule has 3 aromatic carbocycles. The molecule has 150 valence electrons. The summed E-state index contributed by atoms with van der Waals surface area (Å²) >= 11 is 0. The molecule has 0 aliphatic rings. The summed E-state index contributed by atoms with van der Waals surface area (Å²) in [5.41, 5.74) is 1.00. The zero-order chi connectivity index (χ0) is 21.0. The summed E-state index contributed by atoms with van der Waals surface area (Å²) in [5.74, 6) is 0.569. The molecule has 29 heavy (non-hydrogen) atoms. The fourth-order valence-corrected chi connectivity index (χ4v) is 4.77. The fraction of sp³-hybridized carbons (Fsp3) is 0.143. The highest BCUT2D eigenvalue weighted by Gasteiger charge is 2.32. The molecule has 0 bridgehead atoms. The topological polar surface area (TPSA) is 89.8 Å². The number of sulfonamides is 1. The first-order chi connectivity index (χ1) is 13.9. The van der Waals surface area contributed by atoms with Crippen molar-refractivity contribution in [3.05, 3.63) is 94.5 Å². The van der Waals surface area contributed by atoms with Crippen LogP contribution in [0.4, 0.5) is 11.4 Å². The molecule has 3 rings (SSSR count). The first kappa shape index (κ1) is 20.3. The van der Waals surface area contributed by atoms with Crippen LogP contribution in [0.3, 0.4) is 0 Å². The van der Waals surface area contributed by atoms with Gasteiger partial charge in [-0.15, -0.1) is 0 Å². The number of para-hydroxylation sites is 2. The Morgan fingerprint density at radius 3 is 2.10 bits per heavy atom. The van der Waals surface area contributed by atoms with E-state index in [1.54, 1.807) is 43.3 Å². The summed E-state index contributed by atoms with van der Waals surface area (Å²) in [6.45, 7) is 1.77. The van der Waals surface area contributed by atoms with Gasteiger partial charge in [0.25, 0.3) is 15.7 Å². The van der Waals surface area contributed by atoms with E-state index in [0.717, 1.165) is 0 Å². The lowest BCUT2D eigenvalue weighted by molar-refractivity contribution is -0.384. The third-order valence-electron chi connectivity index (χ3n) is 4.56. The predicted octanol–water partition coefficient (Wildman–Crippen LogP) is 4.56. The van der Waals surface area contributed by atoms with Crippen LogP contribution in [0.1, 0.15) is 18.5 Å². The number of nitro groups is 1. The molecule has 7 nitrogen and oxygen atoms in total. The zero-order valence-corrected chi connectivity index (χ0v) is 16.7. The van der Waals surface area contributed by atoms with E-state index in [4.69, 9.17) is 4.74 Å². The van der Waals surface area contributed by atoms with Crippen molar-refractivity contribution in [2.24, 2.45) is 0 Å². The van der Waals surface area contributed by atoms with E-state index in [1.807, 2.05) is 18.2 Å². The Balaban J connectivity index is 2.14. The van der Waals surface area contributed by atoms with Gasteiger partial charge in [0.05, 0.1) is 28.7 Å². The van der Waals surface area contributed by atoms with Crippen molar-refractivity contribution in [2.45, 2.75) is 17.9 Å². The summed E-state index contributed by atoms with van der Waals surface area (Å²) in [5, 5.41) is 10.9. The summed E-state index contributed by atoms with van der Waals surface area (Å²) < 4.78 is 33.8. The van der Waals surface area contributed by atoms with Gasteiger partial charge in [-0.25, -0.2) is 8.42 Å². The minimum atomic E-state index is -4.01. The van der Waals surface area contributed by atoms with Crippen LogP contribution < -0.4 is 9.04 Å². The van der Waals surface area contributed by atoms with Crippen molar-refractivity contribution in [3.63, 3.8) is 0 Å². The van der Waals surface area contributed by atoms with Gasteiger partial charge in [0.1, 0.15) is 5.75 Å². The molecule has 0 aliphatic carbocycles. The van der Waals surface area contributed by atoms with Crippen LogP contribution >= 0.6 is 0 Å². The van der Waals surface area contributed by atoms with Gasteiger partial charge >= 0.3 is 0 Å². The molecule has 0 spiro atoms. The first-order valence-electron chi connectivity index (χ1n) is 8.83. The number of ether oxygens (including phenoxy) is 1. The number of anilines is 1. The van der Waals surface area contributed by atoms with Crippen LogP contribution in [0.5, 0.6) is 5.75 Å². The maximum Gasteiger partial charge on any atom is 0.269 e. The van der Waals surface area contributed by atoms with Crippen molar-refractivity contribution in [1.29, 1.82) is 0 Å². The quantitative estimate of drug-likeness (QED) is 0.419. The first-order valence-corrected chi connectivity index (χ1v) is 10.3. The molecular weight excluding hydrogens is 392 g/mol. The Hall–Kier alpha value is -3.39. The lowest BCUT2D eigenvalue weighted by Gasteiger charge is -2.31. The van der Waals surface area contributed by atoms with Gasteiger partial charge in [0.2, 0.25) is 0 Å². The van der Waals surface area contributed by atoms with E-state index in [9.17, 15) is 18.5 Å². The number of hydrogen-bond donors (Lipinski definition) is 0. The number of benzene rings is 3. The zero-order valence-electron chi connectivity index (χ0n) is 15.9. The molecular formula is C21H20N2O5S. The van der Waals surface area contributed by atoms with E-state index in [0.29, 0.717) is 17.0 Å². The van der Waals surface area contributed by atoms with Crippen molar-refractivity contribution in [3.8, 4) is 5.75 Å². The number of methoxy groups -OCH3 is 1. The third-order valence-corrected chi connectivity index (χ3v) is 6.47. The molecule has 0 fully saturated rings. The third kappa shape index (κ3) is 4.07. The summed E-state index contributed by atoms with van der Waals surface area (Å²) in [6.07, 6.45) is 0. The summed E-state index contributed by atoms with van der Waals surface area (Å²) in [4.78, 5) is 10.3. The van der Waals surface area contributed by atoms with Crippen LogP contribution in [0.15, 0.2) is 83.8 Å². The van der Waals surface area contributed by atoms with E-state index < -0.39 is 21.0 Å². The van der Waals surface area contributed by atoms with Gasteiger partial charge in [-0.3, -0.25) is 14.4 Å². The van der Waals surface area contributed by atoms with E-state index in [1.165, 1.54) is 35.7 Å². The van der Waals surface area contributed by atoms with Crippen molar-refractivity contribution < 1.29 is 18.1 Å². The van der Waals surface area contributed by atoms with Gasteiger partial charge in [0, 0.05) is 17.7 Å². The highest BCUT2D eigenvalue weighted by molar-refractivity contribution is 7.92. The standard InChI is InChI=1S/C21H20N2O5S/c1-16(20-10-6-7-11-21(20)28-2)22(17-8-4-3-5-9-17)29(26,27)19-14-12-18(13-15-19)23(24)25/h3-16H,1-2H3. The molecule has 0 amide bonds. The van der Waals surface area contributed by atoms with Crippen LogP contribution in [0.2, 0.25) is 0 Å². The number of nitro benzene ring substituents is 1. The number of non-ortho nitro benzene ring substituents is 1. The maximum absolute atomic E-state index is 13.5. The second-order valence-electron chi connectivity index (χ2n) is 6.31. The molecule has 0 aliphatic heterocycles. The van der Waals surface area contributed by atoms with Gasteiger partial charge in [-0.05, 0) is 37.3 Å². The normalized spacial score (nSPS) is 12.2. The molecule has 0 aromatic heterocycles. The Labute approximate surface area is 169 Å². The SMILES string of the molecule is COc1ccccc1C(C)N(c1ccccc1)S(=O)(=O)c1ccc([N+](=O)[O-])cc1. The van der Waals surface area contributed by atoms with Crippen LogP contribution in [0.25, 0.3) is 0 Å². The molecule has 0 heterocycles. The van der Waals surface area contributed by atoms with Crippen LogP contribution in [0, 0.1) is 10.1 Å². The van der Waals surface area contributed by atoms with Crippen LogP contribution in [-0.2, 0) is 10.0 Å². The average molecular weight is 412 g/mol. The lowest BCUT2D eigenvalue weighted by atomic mass is 10.1. The number of rotatable bonds is 7. The van der Waals surface area contributed by atoms with Gasteiger partial charge in [0.15, 0.2) is 0 Å².